The number of nitrogens with one attached hydrogen (secondary N) is 2. The number of nitriles is 1. The summed E-state index contributed by atoms with van der Waals surface area (Å²) in [5, 5.41) is 13.1. The molecule has 2 N–H and O–H groups in total. The van der Waals surface area contributed by atoms with Gasteiger partial charge in [-0.25, -0.2) is 0 Å². The van der Waals surface area contributed by atoms with Crippen LogP contribution in [0.1, 0.15) is 24.2 Å². The van der Waals surface area contributed by atoms with Crippen molar-refractivity contribution in [3.8, 4) is 11.8 Å². The van der Waals surface area contributed by atoms with Crippen LogP contribution >= 0.6 is 11.6 Å². The molecule has 0 fully saturated rings. The maximum atomic E-state index is 12.5. The number of benzene rings is 1. The van der Waals surface area contributed by atoms with Gasteiger partial charge >= 0.3 is 0 Å². The van der Waals surface area contributed by atoms with Gasteiger partial charge in [-0.3, -0.25) is 9.59 Å². The molecule has 0 bridgehead atoms. The Bertz CT molecular complexity index is 1190. The molecule has 7 nitrogen and oxygen atoms in total. The number of methoxy groups -OCH3 is 1. The van der Waals surface area contributed by atoms with E-state index in [0.29, 0.717) is 27.5 Å². The molecule has 0 aliphatic heterocycles. The van der Waals surface area contributed by atoms with Crippen LogP contribution in [0.2, 0.25) is 5.02 Å². The number of ether oxygens (including phenoxy) is 1. The summed E-state index contributed by atoms with van der Waals surface area (Å²) in [6.07, 6.45) is 0. The fourth-order valence-electron chi connectivity index (χ4n) is 2.89. The van der Waals surface area contributed by atoms with Crippen LogP contribution < -0.4 is 21.2 Å². The van der Waals surface area contributed by atoms with Crippen molar-refractivity contribution in [3.63, 3.8) is 0 Å². The van der Waals surface area contributed by atoms with E-state index in [1.54, 1.807) is 31.2 Å². The van der Waals surface area contributed by atoms with Crippen molar-refractivity contribution in [2.24, 2.45) is 7.05 Å². The molecule has 0 radical (unpaired) electrons. The molecule has 2 heterocycles. The first-order valence-electron chi connectivity index (χ1n) is 8.13. The van der Waals surface area contributed by atoms with Gasteiger partial charge in [-0.05, 0) is 37.3 Å². The number of H-pyrrole nitrogens is 1. The highest BCUT2D eigenvalue weighted by atomic mass is 35.5. The number of pyridine rings is 2. The smallest absolute Gasteiger partial charge is 0.274 e. The van der Waals surface area contributed by atoms with Crippen LogP contribution in [0.3, 0.4) is 0 Å². The van der Waals surface area contributed by atoms with Crippen molar-refractivity contribution < 1.29 is 4.74 Å². The number of anilines is 1. The lowest BCUT2D eigenvalue weighted by atomic mass is 10.1. The first-order chi connectivity index (χ1) is 12.9. The Kier molecular flexibility index (Phi) is 4.93. The minimum absolute atomic E-state index is 0.255. The molecule has 1 atom stereocenters. The van der Waals surface area contributed by atoms with Gasteiger partial charge < -0.3 is 19.6 Å². The lowest BCUT2D eigenvalue weighted by Crippen LogP contribution is -2.26. The largest absolute Gasteiger partial charge is 0.495 e. The maximum Gasteiger partial charge on any atom is 0.274 e. The number of rotatable bonds is 4. The predicted molar refractivity (Wildman–Crippen MR) is 105 cm³/mol. The number of hydrogen-bond acceptors (Lipinski definition) is 5. The van der Waals surface area contributed by atoms with Crippen LogP contribution in [0.4, 0.5) is 5.69 Å². The summed E-state index contributed by atoms with van der Waals surface area (Å²) >= 11 is 6.26. The molecule has 3 aromatic rings. The summed E-state index contributed by atoms with van der Waals surface area (Å²) in [7, 11) is 3.03. The van der Waals surface area contributed by atoms with E-state index >= 15 is 0 Å². The fraction of sp³-hybridized carbons (Fsp3) is 0.211. The molecule has 0 amide bonds. The zero-order chi connectivity index (χ0) is 19.7. The van der Waals surface area contributed by atoms with Gasteiger partial charge in [0.25, 0.3) is 11.1 Å². The quantitative estimate of drug-likeness (QED) is 0.720. The van der Waals surface area contributed by atoms with Crippen molar-refractivity contribution in [1.29, 1.82) is 5.26 Å². The SMILES string of the molecule is COc1ccc2cc([C@@H](C)Nc3ccc(C#N)n(C)c3=O)c(=O)[nH]c2c1Cl. The van der Waals surface area contributed by atoms with Gasteiger partial charge in [0.1, 0.15) is 28.2 Å². The van der Waals surface area contributed by atoms with E-state index in [-0.39, 0.29) is 16.8 Å². The second-order valence-electron chi connectivity index (χ2n) is 6.07. The normalized spacial score (nSPS) is 11.8. The summed E-state index contributed by atoms with van der Waals surface area (Å²) in [6, 6.07) is 9.84. The highest BCUT2D eigenvalue weighted by Crippen LogP contribution is 2.31. The topological polar surface area (TPSA) is 99.9 Å². The number of aromatic amines is 1. The summed E-state index contributed by atoms with van der Waals surface area (Å²) in [4.78, 5) is 27.7. The molecule has 1 aromatic carbocycles. The Morgan fingerprint density at radius 3 is 2.70 bits per heavy atom. The van der Waals surface area contributed by atoms with Crippen LogP contribution in [0.25, 0.3) is 10.9 Å². The van der Waals surface area contributed by atoms with Crippen LogP contribution in [-0.2, 0) is 7.05 Å². The van der Waals surface area contributed by atoms with E-state index in [0.717, 1.165) is 5.39 Å². The second-order valence-corrected chi connectivity index (χ2v) is 6.45. The Morgan fingerprint density at radius 2 is 2.04 bits per heavy atom. The third-order valence-electron chi connectivity index (χ3n) is 4.43. The van der Waals surface area contributed by atoms with E-state index < -0.39 is 6.04 Å². The molecule has 0 aliphatic rings. The van der Waals surface area contributed by atoms with E-state index in [1.165, 1.54) is 24.8 Å². The molecular formula is C19H17ClN4O3. The van der Waals surface area contributed by atoms with Gasteiger partial charge in [0.05, 0.1) is 18.7 Å². The number of nitrogens with zero attached hydrogens (tertiary/aromatic N) is 2. The Morgan fingerprint density at radius 1 is 1.30 bits per heavy atom. The maximum absolute atomic E-state index is 12.5. The van der Waals surface area contributed by atoms with E-state index in [4.69, 9.17) is 21.6 Å². The third kappa shape index (κ3) is 3.27. The summed E-state index contributed by atoms with van der Waals surface area (Å²) in [6.45, 7) is 1.78. The van der Waals surface area contributed by atoms with Crippen LogP contribution in [0, 0.1) is 11.3 Å². The lowest BCUT2D eigenvalue weighted by molar-refractivity contribution is 0.415. The Hall–Kier alpha value is -3.24. The molecule has 3 rings (SSSR count). The molecule has 138 valence electrons. The summed E-state index contributed by atoms with van der Waals surface area (Å²) in [5.74, 6) is 0.472. The number of hydrogen-bond donors (Lipinski definition) is 2. The van der Waals surface area contributed by atoms with Crippen LogP contribution in [0.5, 0.6) is 5.75 Å². The standard InChI is InChI=1S/C19H17ClN4O3/c1-10(22-14-6-5-12(9-21)24(2)19(14)26)13-8-11-4-7-15(27-3)16(20)17(11)23-18(13)25/h4-8,10,22H,1-3H3,(H,23,25)/t10-/m1/s1. The van der Waals surface area contributed by atoms with Gasteiger partial charge in [-0.2, -0.15) is 5.26 Å². The monoisotopic (exact) mass is 384 g/mol. The van der Waals surface area contributed by atoms with Crippen molar-refractivity contribution >= 4 is 28.2 Å². The average molecular weight is 385 g/mol. The zero-order valence-electron chi connectivity index (χ0n) is 15.0. The minimum atomic E-state index is -0.445. The highest BCUT2D eigenvalue weighted by molar-refractivity contribution is 6.36. The highest BCUT2D eigenvalue weighted by Gasteiger charge is 2.16. The van der Waals surface area contributed by atoms with Crippen molar-refractivity contribution in [1.82, 2.24) is 9.55 Å². The molecule has 0 unspecified atom stereocenters. The lowest BCUT2D eigenvalue weighted by Gasteiger charge is -2.16. The number of halogens is 1. The summed E-state index contributed by atoms with van der Waals surface area (Å²) < 4.78 is 6.42. The van der Waals surface area contributed by atoms with E-state index in [2.05, 4.69) is 10.3 Å². The van der Waals surface area contributed by atoms with Crippen LogP contribution in [-0.4, -0.2) is 16.7 Å². The Labute approximate surface area is 159 Å². The van der Waals surface area contributed by atoms with Crippen molar-refractivity contribution in [2.75, 3.05) is 12.4 Å². The minimum Gasteiger partial charge on any atom is -0.495 e. The van der Waals surface area contributed by atoms with Gasteiger partial charge in [0.2, 0.25) is 0 Å². The number of fused-ring (bicyclic) bond motifs is 1. The third-order valence-corrected chi connectivity index (χ3v) is 4.80. The van der Waals surface area contributed by atoms with Crippen molar-refractivity contribution in [3.05, 3.63) is 67.3 Å². The molecule has 27 heavy (non-hydrogen) atoms. The van der Waals surface area contributed by atoms with Crippen molar-refractivity contribution in [2.45, 2.75) is 13.0 Å². The predicted octanol–water partition coefficient (Wildman–Crippen LogP) is 2.93. The Balaban J connectivity index is 2.02. The first kappa shape index (κ1) is 18.5. The van der Waals surface area contributed by atoms with E-state index in [9.17, 15) is 9.59 Å². The summed E-state index contributed by atoms with van der Waals surface area (Å²) in [5.41, 5.74) is 0.844. The molecule has 0 saturated heterocycles. The first-order valence-corrected chi connectivity index (χ1v) is 8.51. The zero-order valence-corrected chi connectivity index (χ0v) is 15.7. The molecule has 0 saturated carbocycles. The molecular weight excluding hydrogens is 368 g/mol. The van der Waals surface area contributed by atoms with Gasteiger partial charge in [-0.15, -0.1) is 0 Å². The molecule has 0 aliphatic carbocycles. The molecule has 2 aromatic heterocycles. The molecule has 8 heteroatoms. The van der Waals surface area contributed by atoms with Crippen LogP contribution in [0.15, 0.2) is 39.9 Å². The number of aromatic nitrogens is 2. The average Bonchev–Trinajstić information content (AvgIpc) is 2.66. The molecule has 0 spiro atoms. The van der Waals surface area contributed by atoms with Gasteiger partial charge in [-0.1, -0.05) is 11.6 Å². The van der Waals surface area contributed by atoms with Gasteiger partial charge in [0.15, 0.2) is 0 Å². The second kappa shape index (κ2) is 7.17. The van der Waals surface area contributed by atoms with Gasteiger partial charge in [0, 0.05) is 18.0 Å². The fourth-order valence-corrected chi connectivity index (χ4v) is 3.18. The van der Waals surface area contributed by atoms with E-state index in [1.807, 2.05) is 6.07 Å².